The molecule has 0 spiro atoms. The van der Waals surface area contributed by atoms with Gasteiger partial charge in [0.15, 0.2) is 0 Å². The van der Waals surface area contributed by atoms with Gasteiger partial charge in [-0.15, -0.1) is 0 Å². The molecule has 1 amide bonds. The fourth-order valence-electron chi connectivity index (χ4n) is 1.78. The van der Waals surface area contributed by atoms with Crippen molar-refractivity contribution in [2.24, 2.45) is 0 Å². The van der Waals surface area contributed by atoms with E-state index in [9.17, 15) is 9.90 Å². The molecule has 0 aromatic heterocycles. The lowest BCUT2D eigenvalue weighted by Crippen LogP contribution is -2.57. The van der Waals surface area contributed by atoms with Crippen molar-refractivity contribution >= 4 is 14.9 Å². The Morgan fingerprint density at radius 1 is 1.26 bits per heavy atom. The van der Waals surface area contributed by atoms with Gasteiger partial charge in [-0.1, -0.05) is 0 Å². The zero-order chi connectivity index (χ0) is 14.3. The third-order valence-electron chi connectivity index (χ3n) is 2.57. The van der Waals surface area contributed by atoms with Gasteiger partial charge in [-0.2, -0.15) is 0 Å². The molecule has 0 bridgehead atoms. The summed E-state index contributed by atoms with van der Waals surface area (Å²) in [5, 5.41) is 9.24. The first-order chi connectivity index (χ1) is 9.06. The van der Waals surface area contributed by atoms with Gasteiger partial charge in [0, 0.05) is 19.8 Å². The number of hydrogen-bond acceptors (Lipinski definition) is 5. The average molecular weight is 293 g/mol. The van der Waals surface area contributed by atoms with E-state index >= 15 is 0 Å². The molecule has 0 radical (unpaired) electrons. The molecular formula is C11H23NO6Si. The highest BCUT2D eigenvalue weighted by atomic mass is 28.4. The van der Waals surface area contributed by atoms with Gasteiger partial charge >= 0.3 is 14.9 Å². The molecule has 19 heavy (non-hydrogen) atoms. The standard InChI is InChI=1S/C11H23NO6Si/c1-4-16-19(17-5-2,18-6-3)9-12(11(13)14)7-10-8-15-10/h10H,4-9H2,1-3H3,(H,13,14). The van der Waals surface area contributed by atoms with E-state index < -0.39 is 14.9 Å². The number of amides is 1. The van der Waals surface area contributed by atoms with E-state index in [-0.39, 0.29) is 12.3 Å². The fraction of sp³-hybridized carbons (Fsp3) is 0.909. The zero-order valence-corrected chi connectivity index (χ0v) is 12.8. The van der Waals surface area contributed by atoms with Crippen molar-refractivity contribution in [1.29, 1.82) is 0 Å². The van der Waals surface area contributed by atoms with Crippen LogP contribution in [0, 0.1) is 0 Å². The Labute approximate surface area is 114 Å². The minimum absolute atomic E-state index is 0.00678. The Morgan fingerprint density at radius 3 is 2.05 bits per heavy atom. The van der Waals surface area contributed by atoms with Gasteiger partial charge in [0.1, 0.15) is 0 Å². The van der Waals surface area contributed by atoms with E-state index in [2.05, 4.69) is 0 Å². The molecule has 7 nitrogen and oxygen atoms in total. The van der Waals surface area contributed by atoms with E-state index in [1.807, 2.05) is 20.8 Å². The van der Waals surface area contributed by atoms with Crippen LogP contribution in [0.2, 0.25) is 0 Å². The van der Waals surface area contributed by atoms with E-state index in [0.717, 1.165) is 0 Å². The Kier molecular flexibility index (Phi) is 6.73. The predicted molar refractivity (Wildman–Crippen MR) is 70.0 cm³/mol. The third-order valence-corrected chi connectivity index (χ3v) is 5.53. The molecule has 1 N–H and O–H groups in total. The Hall–Kier alpha value is -0.673. The van der Waals surface area contributed by atoms with Crippen LogP contribution in [0.1, 0.15) is 20.8 Å². The van der Waals surface area contributed by atoms with Crippen LogP contribution in [0.3, 0.4) is 0 Å². The molecule has 0 aliphatic carbocycles. The molecule has 1 aliphatic heterocycles. The number of epoxide rings is 1. The lowest BCUT2D eigenvalue weighted by atomic mass is 10.4. The Morgan fingerprint density at radius 2 is 1.74 bits per heavy atom. The molecule has 0 aromatic carbocycles. The number of hydrogen-bond donors (Lipinski definition) is 1. The first kappa shape index (κ1) is 16.4. The Bertz CT molecular complexity index is 269. The van der Waals surface area contributed by atoms with Crippen molar-refractivity contribution in [3.63, 3.8) is 0 Å². The quantitative estimate of drug-likeness (QED) is 0.477. The van der Waals surface area contributed by atoms with Crippen molar-refractivity contribution < 1.29 is 27.9 Å². The molecule has 1 saturated heterocycles. The van der Waals surface area contributed by atoms with Crippen LogP contribution in [0.25, 0.3) is 0 Å². The highest BCUT2D eigenvalue weighted by Crippen LogP contribution is 2.16. The van der Waals surface area contributed by atoms with Crippen LogP contribution in [0.5, 0.6) is 0 Å². The van der Waals surface area contributed by atoms with Crippen LogP contribution in [-0.4, -0.2) is 70.1 Å². The molecule has 0 saturated carbocycles. The molecule has 1 rings (SSSR count). The topological polar surface area (TPSA) is 80.8 Å². The molecule has 1 unspecified atom stereocenters. The maximum Gasteiger partial charge on any atom is 0.521 e. The highest BCUT2D eigenvalue weighted by molar-refractivity contribution is 6.61. The Balaban J connectivity index is 2.71. The molecule has 8 heteroatoms. The van der Waals surface area contributed by atoms with Gasteiger partial charge in [0.25, 0.3) is 0 Å². The monoisotopic (exact) mass is 293 g/mol. The molecule has 0 aromatic rings. The summed E-state index contributed by atoms with van der Waals surface area (Å²) in [7, 11) is -2.97. The van der Waals surface area contributed by atoms with E-state index in [0.29, 0.717) is 33.0 Å². The van der Waals surface area contributed by atoms with Gasteiger partial charge < -0.3 is 28.0 Å². The van der Waals surface area contributed by atoms with Crippen LogP contribution in [0.15, 0.2) is 0 Å². The van der Waals surface area contributed by atoms with E-state index in [1.165, 1.54) is 4.90 Å². The van der Waals surface area contributed by atoms with Crippen LogP contribution in [0.4, 0.5) is 4.79 Å². The summed E-state index contributed by atoms with van der Waals surface area (Å²) in [6.45, 7) is 7.76. The van der Waals surface area contributed by atoms with Gasteiger partial charge in [0.2, 0.25) is 0 Å². The molecule has 1 atom stereocenters. The second-order valence-corrected chi connectivity index (χ2v) is 6.65. The maximum absolute atomic E-state index is 11.3. The van der Waals surface area contributed by atoms with E-state index in [1.54, 1.807) is 0 Å². The normalized spacial score (nSPS) is 18.4. The molecule has 1 heterocycles. The first-order valence-electron chi connectivity index (χ1n) is 6.58. The third kappa shape index (κ3) is 5.45. The number of carbonyl (C=O) groups is 1. The van der Waals surface area contributed by atoms with Crippen molar-refractivity contribution in [2.75, 3.05) is 39.1 Å². The van der Waals surface area contributed by atoms with Gasteiger partial charge in [-0.25, -0.2) is 4.79 Å². The minimum atomic E-state index is -2.97. The molecule has 1 fully saturated rings. The van der Waals surface area contributed by atoms with Crippen molar-refractivity contribution in [3.8, 4) is 0 Å². The highest BCUT2D eigenvalue weighted by Gasteiger charge is 2.45. The summed E-state index contributed by atoms with van der Waals surface area (Å²) in [6, 6.07) is 0. The van der Waals surface area contributed by atoms with E-state index in [4.69, 9.17) is 18.0 Å². The largest absolute Gasteiger partial charge is 0.521 e. The number of ether oxygens (including phenoxy) is 1. The smallest absolute Gasteiger partial charge is 0.465 e. The summed E-state index contributed by atoms with van der Waals surface area (Å²) < 4.78 is 22.0. The second-order valence-electron chi connectivity index (χ2n) is 4.10. The maximum atomic E-state index is 11.3. The van der Waals surface area contributed by atoms with Crippen molar-refractivity contribution in [2.45, 2.75) is 26.9 Å². The summed E-state index contributed by atoms with van der Waals surface area (Å²) in [5.41, 5.74) is 0. The average Bonchev–Trinajstić information content (AvgIpc) is 3.13. The minimum Gasteiger partial charge on any atom is -0.465 e. The van der Waals surface area contributed by atoms with Crippen LogP contribution in [-0.2, 0) is 18.0 Å². The number of carboxylic acid groups (broad SMARTS) is 1. The predicted octanol–water partition coefficient (Wildman–Crippen LogP) is 0.953. The summed E-state index contributed by atoms with van der Waals surface area (Å²) >= 11 is 0. The number of nitrogens with zero attached hydrogens (tertiary/aromatic N) is 1. The fourth-order valence-corrected chi connectivity index (χ4v) is 4.36. The van der Waals surface area contributed by atoms with Gasteiger partial charge in [0.05, 0.1) is 25.4 Å². The number of rotatable bonds is 10. The van der Waals surface area contributed by atoms with Crippen molar-refractivity contribution in [1.82, 2.24) is 4.90 Å². The SMILES string of the molecule is CCO[Si](CN(CC1CO1)C(=O)O)(OCC)OCC. The summed E-state index contributed by atoms with van der Waals surface area (Å²) in [4.78, 5) is 12.5. The van der Waals surface area contributed by atoms with Crippen LogP contribution >= 0.6 is 0 Å². The summed E-state index contributed by atoms with van der Waals surface area (Å²) in [6.07, 6.45) is -0.878. The molecular weight excluding hydrogens is 270 g/mol. The molecule has 112 valence electrons. The lowest BCUT2D eigenvalue weighted by molar-refractivity contribution is 0.0548. The first-order valence-corrected chi connectivity index (χ1v) is 8.51. The van der Waals surface area contributed by atoms with Crippen LogP contribution < -0.4 is 0 Å². The second kappa shape index (κ2) is 7.80. The van der Waals surface area contributed by atoms with Crippen molar-refractivity contribution in [3.05, 3.63) is 0 Å². The molecule has 1 aliphatic rings. The zero-order valence-electron chi connectivity index (χ0n) is 11.8. The summed E-state index contributed by atoms with van der Waals surface area (Å²) in [5.74, 6) is 0. The lowest BCUT2D eigenvalue weighted by Gasteiger charge is -2.32. The van der Waals surface area contributed by atoms with Gasteiger partial charge in [-0.3, -0.25) is 0 Å². The van der Waals surface area contributed by atoms with Gasteiger partial charge in [-0.05, 0) is 20.8 Å².